The highest BCUT2D eigenvalue weighted by atomic mass is 35.5. The standard InChI is InChI=1S/C18H26ClN3OS2.C2H6/c1-6-12-20-18(4,5)22(13-7-2)15(3)14-21-24-25-23-17-10-8-16(19)9-11-17;1-2/h6-11,20-21H,1-3,12-14H2,4-5H3;1-2H3. The molecule has 1 aromatic rings. The van der Waals surface area contributed by atoms with E-state index in [1.165, 1.54) is 22.1 Å². The van der Waals surface area contributed by atoms with Crippen molar-refractivity contribution >= 4 is 33.7 Å². The molecule has 0 aliphatic heterocycles. The molecule has 1 rings (SSSR count). The first-order valence-corrected chi connectivity index (χ1v) is 11.3. The van der Waals surface area contributed by atoms with Gasteiger partial charge in [-0.15, -0.1) is 13.2 Å². The van der Waals surface area contributed by atoms with Crippen molar-refractivity contribution in [3.05, 3.63) is 66.9 Å². The molecular weight excluding hydrogens is 398 g/mol. The van der Waals surface area contributed by atoms with Crippen LogP contribution in [-0.4, -0.2) is 30.2 Å². The van der Waals surface area contributed by atoms with Crippen LogP contribution in [0.1, 0.15) is 27.7 Å². The Labute approximate surface area is 178 Å². The fourth-order valence-electron chi connectivity index (χ4n) is 2.08. The number of halogens is 1. The Balaban J connectivity index is 0.00000326. The van der Waals surface area contributed by atoms with Crippen LogP contribution in [0.2, 0.25) is 5.02 Å². The van der Waals surface area contributed by atoms with Gasteiger partial charge in [0.2, 0.25) is 0 Å². The number of nitrogens with zero attached hydrogens (tertiary/aromatic N) is 1. The number of hydrogen-bond acceptors (Lipinski definition) is 6. The molecule has 0 saturated carbocycles. The Morgan fingerprint density at radius 2 is 1.85 bits per heavy atom. The molecule has 7 heteroatoms. The third-order valence-corrected chi connectivity index (χ3v) is 4.96. The van der Waals surface area contributed by atoms with Crippen LogP contribution in [0.15, 0.2) is 61.9 Å². The van der Waals surface area contributed by atoms with Gasteiger partial charge in [-0.1, -0.05) is 44.2 Å². The van der Waals surface area contributed by atoms with E-state index >= 15 is 0 Å². The van der Waals surface area contributed by atoms with Crippen molar-refractivity contribution in [1.82, 2.24) is 14.9 Å². The van der Waals surface area contributed by atoms with Crippen molar-refractivity contribution < 1.29 is 4.18 Å². The SMILES string of the molecule is C=CCNC(C)(C)N(CC=C)C(=C)CNSSOc1ccc(Cl)cc1.CC. The zero-order chi connectivity index (χ0) is 20.7. The summed E-state index contributed by atoms with van der Waals surface area (Å²) in [5.74, 6) is 0.755. The lowest BCUT2D eigenvalue weighted by Gasteiger charge is -2.41. The maximum atomic E-state index is 5.84. The van der Waals surface area contributed by atoms with Gasteiger partial charge in [0.15, 0.2) is 0 Å². The molecule has 0 unspecified atom stereocenters. The van der Waals surface area contributed by atoms with E-state index in [4.69, 9.17) is 15.8 Å². The second kappa shape index (κ2) is 14.9. The summed E-state index contributed by atoms with van der Waals surface area (Å²) in [5.41, 5.74) is 0.708. The summed E-state index contributed by atoms with van der Waals surface area (Å²) in [5, 5.41) is 4.12. The van der Waals surface area contributed by atoms with E-state index in [1.807, 2.05) is 38.1 Å². The Bertz CT molecular complexity index is 565. The summed E-state index contributed by atoms with van der Waals surface area (Å²) in [6.45, 7) is 22.0. The summed E-state index contributed by atoms with van der Waals surface area (Å²) in [6, 6.07) is 7.24. The fraction of sp³-hybridized carbons (Fsp3) is 0.400. The van der Waals surface area contributed by atoms with E-state index in [-0.39, 0.29) is 5.66 Å². The average Bonchev–Trinajstić information content (AvgIpc) is 2.67. The van der Waals surface area contributed by atoms with Gasteiger partial charge in [-0.2, -0.15) is 0 Å². The monoisotopic (exact) mass is 429 g/mol. The molecule has 0 atom stereocenters. The second-order valence-electron chi connectivity index (χ2n) is 5.70. The number of rotatable bonds is 13. The molecule has 0 heterocycles. The first kappa shape index (κ1) is 26.0. The van der Waals surface area contributed by atoms with Gasteiger partial charge in [0.05, 0.1) is 5.66 Å². The highest BCUT2D eigenvalue weighted by molar-refractivity contribution is 8.74. The lowest BCUT2D eigenvalue weighted by Crippen LogP contribution is -2.54. The Hall–Kier alpha value is -1.05. The minimum atomic E-state index is -0.251. The third kappa shape index (κ3) is 10.8. The molecule has 0 radical (unpaired) electrons. The molecule has 0 aliphatic rings. The molecule has 0 aromatic heterocycles. The van der Waals surface area contributed by atoms with Gasteiger partial charge in [-0.3, -0.25) is 5.32 Å². The zero-order valence-corrected chi connectivity index (χ0v) is 19.1. The van der Waals surface area contributed by atoms with Gasteiger partial charge in [-0.25, -0.2) is 4.72 Å². The van der Waals surface area contributed by atoms with Gasteiger partial charge in [0.1, 0.15) is 16.8 Å². The Morgan fingerprint density at radius 3 is 2.41 bits per heavy atom. The van der Waals surface area contributed by atoms with Crippen molar-refractivity contribution in [3.8, 4) is 5.75 Å². The topological polar surface area (TPSA) is 36.5 Å². The van der Waals surface area contributed by atoms with E-state index in [9.17, 15) is 0 Å². The molecule has 4 nitrogen and oxygen atoms in total. The largest absolute Gasteiger partial charge is 0.413 e. The highest BCUT2D eigenvalue weighted by Crippen LogP contribution is 2.25. The first-order valence-electron chi connectivity index (χ1n) is 8.81. The van der Waals surface area contributed by atoms with Gasteiger partial charge in [0, 0.05) is 41.3 Å². The van der Waals surface area contributed by atoms with Crippen LogP contribution in [0.3, 0.4) is 0 Å². The molecule has 0 amide bonds. The Kier molecular flexibility index (Phi) is 14.4. The van der Waals surface area contributed by atoms with Gasteiger partial charge >= 0.3 is 0 Å². The third-order valence-electron chi connectivity index (χ3n) is 3.36. The van der Waals surface area contributed by atoms with Crippen LogP contribution in [0, 0.1) is 0 Å². The van der Waals surface area contributed by atoms with Crippen molar-refractivity contribution in [1.29, 1.82) is 0 Å². The van der Waals surface area contributed by atoms with Gasteiger partial charge < -0.3 is 9.08 Å². The quantitative estimate of drug-likeness (QED) is 0.0990. The molecular formula is C20H32ClN3OS2. The zero-order valence-electron chi connectivity index (χ0n) is 16.8. The van der Waals surface area contributed by atoms with Crippen LogP contribution in [0.4, 0.5) is 0 Å². The van der Waals surface area contributed by atoms with Crippen LogP contribution in [0.5, 0.6) is 5.75 Å². The fourth-order valence-corrected chi connectivity index (χ4v) is 3.36. The van der Waals surface area contributed by atoms with E-state index < -0.39 is 0 Å². The molecule has 0 spiro atoms. The molecule has 27 heavy (non-hydrogen) atoms. The van der Waals surface area contributed by atoms with E-state index in [1.54, 1.807) is 12.1 Å². The van der Waals surface area contributed by atoms with Gasteiger partial charge in [-0.05, 0) is 38.1 Å². The molecule has 152 valence electrons. The van der Waals surface area contributed by atoms with Crippen LogP contribution in [0.25, 0.3) is 0 Å². The molecule has 1 aromatic carbocycles. The van der Waals surface area contributed by atoms with Crippen molar-refractivity contribution in [2.75, 3.05) is 19.6 Å². The highest BCUT2D eigenvalue weighted by Gasteiger charge is 2.25. The van der Waals surface area contributed by atoms with Gasteiger partial charge in [0.25, 0.3) is 0 Å². The number of hydrogen-bond donors (Lipinski definition) is 2. The lowest BCUT2D eigenvalue weighted by molar-refractivity contribution is 0.144. The van der Waals surface area contributed by atoms with Crippen molar-refractivity contribution in [2.24, 2.45) is 0 Å². The van der Waals surface area contributed by atoms with E-state index in [0.717, 1.165) is 18.0 Å². The summed E-state index contributed by atoms with van der Waals surface area (Å²) in [7, 11) is 1.41. The molecule has 0 fully saturated rings. The Morgan fingerprint density at radius 1 is 1.22 bits per heavy atom. The summed E-state index contributed by atoms with van der Waals surface area (Å²) < 4.78 is 8.79. The normalized spacial score (nSPS) is 10.4. The summed E-state index contributed by atoms with van der Waals surface area (Å²) >= 11 is 7.10. The summed E-state index contributed by atoms with van der Waals surface area (Å²) in [6.07, 6.45) is 3.71. The maximum Gasteiger partial charge on any atom is 0.143 e. The molecule has 0 bridgehead atoms. The minimum Gasteiger partial charge on any atom is -0.413 e. The predicted molar refractivity (Wildman–Crippen MR) is 125 cm³/mol. The van der Waals surface area contributed by atoms with Crippen molar-refractivity contribution in [2.45, 2.75) is 33.4 Å². The number of benzene rings is 1. The van der Waals surface area contributed by atoms with Crippen LogP contribution in [-0.2, 0) is 0 Å². The van der Waals surface area contributed by atoms with Crippen molar-refractivity contribution in [3.63, 3.8) is 0 Å². The second-order valence-corrected chi connectivity index (χ2v) is 7.81. The molecule has 0 aliphatic carbocycles. The first-order chi connectivity index (χ1) is 12.9. The average molecular weight is 430 g/mol. The summed E-state index contributed by atoms with van der Waals surface area (Å²) in [4.78, 5) is 2.17. The number of nitrogens with one attached hydrogen (secondary N) is 2. The maximum absolute atomic E-state index is 5.84. The van der Waals surface area contributed by atoms with E-state index in [2.05, 4.69) is 48.5 Å². The molecule has 0 saturated heterocycles. The predicted octanol–water partition coefficient (Wildman–Crippen LogP) is 6.06. The van der Waals surface area contributed by atoms with Crippen LogP contribution >= 0.6 is 33.7 Å². The smallest absolute Gasteiger partial charge is 0.143 e. The van der Waals surface area contributed by atoms with Crippen LogP contribution < -0.4 is 14.2 Å². The van der Waals surface area contributed by atoms with E-state index in [0.29, 0.717) is 18.1 Å². The molecule has 2 N–H and O–H groups in total. The minimum absolute atomic E-state index is 0.251. The lowest BCUT2D eigenvalue weighted by atomic mass is 10.1.